The van der Waals surface area contributed by atoms with E-state index in [-0.39, 0.29) is 0 Å². The first-order valence-corrected chi connectivity index (χ1v) is 3.58. The largest absolute Gasteiger partial charge is 0.481 e. The van der Waals surface area contributed by atoms with Crippen molar-refractivity contribution in [3.63, 3.8) is 0 Å². The second-order valence-corrected chi connectivity index (χ2v) is 2.77. The molecule has 1 unspecified atom stereocenters. The Hall–Kier alpha value is -0.830. The summed E-state index contributed by atoms with van der Waals surface area (Å²) >= 11 is 0. The van der Waals surface area contributed by atoms with Gasteiger partial charge in [-0.2, -0.15) is 0 Å². The van der Waals surface area contributed by atoms with E-state index >= 15 is 0 Å². The summed E-state index contributed by atoms with van der Waals surface area (Å²) in [6.45, 7) is 4.24. The fraction of sp³-hybridized carbons (Fsp3) is 0.625. The Labute approximate surface area is 67.3 Å². The number of rotatable bonds is 5. The van der Waals surface area contributed by atoms with Gasteiger partial charge in [0.25, 0.3) is 0 Å². The van der Waals surface area contributed by atoms with E-state index < -0.39 is 11.9 Å². The number of nitrogens with zero attached hydrogens (tertiary/aromatic N) is 1. The van der Waals surface area contributed by atoms with E-state index in [1.807, 2.05) is 19.0 Å². The summed E-state index contributed by atoms with van der Waals surface area (Å²) in [5.41, 5.74) is 0. The van der Waals surface area contributed by atoms with Gasteiger partial charge in [0.1, 0.15) is 0 Å². The maximum atomic E-state index is 10.5. The third kappa shape index (κ3) is 4.56. The Morgan fingerprint density at radius 1 is 1.73 bits per heavy atom. The molecule has 0 aromatic carbocycles. The van der Waals surface area contributed by atoms with E-state index in [1.165, 1.54) is 6.08 Å². The number of hydrogen-bond donors (Lipinski definition) is 1. The maximum Gasteiger partial charge on any atom is 0.310 e. The molecule has 0 aromatic rings. The Kier molecular flexibility index (Phi) is 4.54. The minimum Gasteiger partial charge on any atom is -0.481 e. The summed E-state index contributed by atoms with van der Waals surface area (Å²) in [6, 6.07) is 0. The predicted molar refractivity (Wildman–Crippen MR) is 44.5 cm³/mol. The maximum absolute atomic E-state index is 10.5. The molecule has 0 saturated carbocycles. The first-order chi connectivity index (χ1) is 5.07. The van der Waals surface area contributed by atoms with Gasteiger partial charge in [0.05, 0.1) is 5.92 Å². The summed E-state index contributed by atoms with van der Waals surface area (Å²) in [6.07, 6.45) is 2.11. The van der Waals surface area contributed by atoms with Crippen molar-refractivity contribution in [2.24, 2.45) is 5.92 Å². The predicted octanol–water partition coefficient (Wildman–Crippen LogP) is 0.825. The molecule has 0 spiro atoms. The summed E-state index contributed by atoms with van der Waals surface area (Å²) in [5.74, 6) is -1.20. The van der Waals surface area contributed by atoms with E-state index in [2.05, 4.69) is 6.58 Å². The van der Waals surface area contributed by atoms with Crippen molar-refractivity contribution in [1.82, 2.24) is 4.90 Å². The van der Waals surface area contributed by atoms with E-state index in [1.54, 1.807) is 0 Å². The second-order valence-electron chi connectivity index (χ2n) is 2.77. The molecule has 3 nitrogen and oxygen atoms in total. The van der Waals surface area contributed by atoms with Gasteiger partial charge in [-0.3, -0.25) is 4.79 Å². The van der Waals surface area contributed by atoms with Gasteiger partial charge in [-0.1, -0.05) is 6.08 Å². The molecule has 0 bridgehead atoms. The molecule has 0 saturated heterocycles. The van der Waals surface area contributed by atoms with Crippen LogP contribution < -0.4 is 0 Å². The number of carboxylic acids is 1. The van der Waals surface area contributed by atoms with Crippen molar-refractivity contribution >= 4 is 5.97 Å². The van der Waals surface area contributed by atoms with Gasteiger partial charge in [-0.25, -0.2) is 0 Å². The van der Waals surface area contributed by atoms with Crippen molar-refractivity contribution < 1.29 is 9.90 Å². The van der Waals surface area contributed by atoms with Crippen molar-refractivity contribution in [2.45, 2.75) is 6.42 Å². The van der Waals surface area contributed by atoms with E-state index in [0.717, 1.165) is 6.54 Å². The molecule has 0 aromatic heterocycles. The third-order valence-corrected chi connectivity index (χ3v) is 1.49. The lowest BCUT2D eigenvalue weighted by atomic mass is 10.1. The topological polar surface area (TPSA) is 40.5 Å². The van der Waals surface area contributed by atoms with Crippen LogP contribution in [-0.4, -0.2) is 36.6 Å². The quantitative estimate of drug-likeness (QED) is 0.601. The van der Waals surface area contributed by atoms with Crippen molar-refractivity contribution in [3.05, 3.63) is 12.7 Å². The first-order valence-electron chi connectivity index (χ1n) is 3.58. The highest BCUT2D eigenvalue weighted by molar-refractivity contribution is 5.71. The standard InChI is InChI=1S/C8H15NO2/c1-4-7(8(10)11)5-6-9(2)3/h4,7H,1,5-6H2,2-3H3,(H,10,11). The SMILES string of the molecule is C=CC(CCN(C)C)C(=O)O. The average Bonchev–Trinajstić information content (AvgIpc) is 1.87. The van der Waals surface area contributed by atoms with Crippen LogP contribution in [0.1, 0.15) is 6.42 Å². The van der Waals surface area contributed by atoms with Gasteiger partial charge < -0.3 is 10.0 Å². The zero-order chi connectivity index (χ0) is 8.85. The summed E-state index contributed by atoms with van der Waals surface area (Å²) in [5, 5.41) is 8.60. The molecule has 3 heteroatoms. The molecule has 11 heavy (non-hydrogen) atoms. The third-order valence-electron chi connectivity index (χ3n) is 1.49. The van der Waals surface area contributed by atoms with Crippen molar-refractivity contribution in [1.29, 1.82) is 0 Å². The molecule has 1 atom stereocenters. The van der Waals surface area contributed by atoms with Crippen LogP contribution in [0.15, 0.2) is 12.7 Å². The van der Waals surface area contributed by atoms with Crippen LogP contribution >= 0.6 is 0 Å². The van der Waals surface area contributed by atoms with Gasteiger partial charge in [0.15, 0.2) is 0 Å². The number of hydrogen-bond acceptors (Lipinski definition) is 2. The molecule has 0 aliphatic heterocycles. The second kappa shape index (κ2) is 4.91. The fourth-order valence-corrected chi connectivity index (χ4v) is 0.739. The number of carbonyl (C=O) groups is 1. The van der Waals surface area contributed by atoms with Crippen LogP contribution in [0.25, 0.3) is 0 Å². The highest BCUT2D eigenvalue weighted by atomic mass is 16.4. The normalized spacial score (nSPS) is 13.0. The fourth-order valence-electron chi connectivity index (χ4n) is 0.739. The Morgan fingerprint density at radius 3 is 2.55 bits per heavy atom. The van der Waals surface area contributed by atoms with E-state index in [4.69, 9.17) is 5.11 Å². The van der Waals surface area contributed by atoms with Crippen LogP contribution in [0.3, 0.4) is 0 Å². The highest BCUT2D eigenvalue weighted by Gasteiger charge is 2.12. The zero-order valence-electron chi connectivity index (χ0n) is 7.08. The van der Waals surface area contributed by atoms with E-state index in [0.29, 0.717) is 6.42 Å². The van der Waals surface area contributed by atoms with Gasteiger partial charge >= 0.3 is 5.97 Å². The number of carboxylic acid groups (broad SMARTS) is 1. The van der Waals surface area contributed by atoms with E-state index in [9.17, 15) is 4.79 Å². The van der Waals surface area contributed by atoms with Crippen molar-refractivity contribution in [2.75, 3.05) is 20.6 Å². The van der Waals surface area contributed by atoms with Gasteiger partial charge in [0, 0.05) is 0 Å². The van der Waals surface area contributed by atoms with Crippen LogP contribution in [0.5, 0.6) is 0 Å². The van der Waals surface area contributed by atoms with Gasteiger partial charge in [-0.05, 0) is 27.1 Å². The van der Waals surface area contributed by atoms with Crippen LogP contribution in [-0.2, 0) is 4.79 Å². The van der Waals surface area contributed by atoms with Crippen molar-refractivity contribution in [3.8, 4) is 0 Å². The minimum atomic E-state index is -0.790. The molecular weight excluding hydrogens is 142 g/mol. The average molecular weight is 157 g/mol. The molecule has 1 N–H and O–H groups in total. The molecule has 0 aliphatic carbocycles. The van der Waals surface area contributed by atoms with Gasteiger partial charge in [-0.15, -0.1) is 6.58 Å². The monoisotopic (exact) mass is 157 g/mol. The molecule has 0 amide bonds. The summed E-state index contributed by atoms with van der Waals surface area (Å²) in [4.78, 5) is 12.4. The van der Waals surface area contributed by atoms with Crippen LogP contribution in [0.2, 0.25) is 0 Å². The lowest BCUT2D eigenvalue weighted by Gasteiger charge is -2.11. The Bertz CT molecular complexity index is 143. The summed E-state index contributed by atoms with van der Waals surface area (Å²) in [7, 11) is 3.84. The Balaban J connectivity index is 3.70. The molecular formula is C8H15NO2. The minimum absolute atomic E-state index is 0.405. The van der Waals surface area contributed by atoms with Gasteiger partial charge in [0.2, 0.25) is 0 Å². The molecule has 0 fully saturated rings. The molecule has 0 rings (SSSR count). The Morgan fingerprint density at radius 2 is 2.27 bits per heavy atom. The lowest BCUT2D eigenvalue weighted by molar-refractivity contribution is -0.140. The zero-order valence-corrected chi connectivity index (χ0v) is 7.08. The van der Waals surface area contributed by atoms with Crippen LogP contribution in [0.4, 0.5) is 0 Å². The first kappa shape index (κ1) is 10.2. The number of aliphatic carboxylic acids is 1. The molecule has 64 valence electrons. The summed E-state index contributed by atoms with van der Waals surface area (Å²) < 4.78 is 0. The molecule has 0 heterocycles. The lowest BCUT2D eigenvalue weighted by Crippen LogP contribution is -2.20. The molecule has 0 radical (unpaired) electrons. The molecule has 0 aliphatic rings. The smallest absolute Gasteiger partial charge is 0.310 e. The van der Waals surface area contributed by atoms with Crippen LogP contribution in [0, 0.1) is 5.92 Å². The highest BCUT2D eigenvalue weighted by Crippen LogP contribution is 2.04.